The van der Waals surface area contributed by atoms with E-state index in [9.17, 15) is 4.79 Å². The molecule has 0 saturated heterocycles. The third kappa shape index (κ3) is 3.54. The lowest BCUT2D eigenvalue weighted by atomic mass is 10.1. The van der Waals surface area contributed by atoms with Gasteiger partial charge in [-0.2, -0.15) is 0 Å². The Labute approximate surface area is 118 Å². The number of H-pyrrole nitrogens is 1. The lowest BCUT2D eigenvalue weighted by Gasteiger charge is -2.06. The van der Waals surface area contributed by atoms with Crippen molar-refractivity contribution in [3.8, 4) is 0 Å². The summed E-state index contributed by atoms with van der Waals surface area (Å²) < 4.78 is 0. The Morgan fingerprint density at radius 3 is 2.95 bits per heavy atom. The van der Waals surface area contributed by atoms with E-state index in [2.05, 4.69) is 40.4 Å². The van der Waals surface area contributed by atoms with Gasteiger partial charge >= 0.3 is 0 Å². The van der Waals surface area contributed by atoms with Crippen molar-refractivity contribution < 1.29 is 0 Å². The molecule has 1 heterocycles. The minimum absolute atomic E-state index is 0.0738. The Bertz CT molecular complexity index is 659. The number of nitrogens with zero attached hydrogens (tertiary/aromatic N) is 1. The lowest BCUT2D eigenvalue weighted by Crippen LogP contribution is -2.20. The second-order valence-corrected chi connectivity index (χ2v) is 5.50. The number of hydrogen-bond acceptors (Lipinski definition) is 3. The van der Waals surface area contributed by atoms with Gasteiger partial charge in [-0.25, -0.2) is 4.98 Å². The van der Waals surface area contributed by atoms with Gasteiger partial charge in [-0.3, -0.25) is 4.79 Å². The average Bonchev–Trinajstić information content (AvgIpc) is 3.20. The van der Waals surface area contributed by atoms with Gasteiger partial charge in [0.25, 0.3) is 5.56 Å². The molecule has 1 aromatic heterocycles. The van der Waals surface area contributed by atoms with Crippen LogP contribution in [0.1, 0.15) is 35.5 Å². The highest BCUT2D eigenvalue weighted by Crippen LogP contribution is 2.18. The standard InChI is InChI=1S/C16H19N3O/c1-11-3-2-4-12(7-11)8-15-18-14(9-16(20)19-15)10-17-13-5-6-13/h2-4,7,9,13,17H,5-6,8,10H2,1H3,(H,18,19,20). The third-order valence-electron chi connectivity index (χ3n) is 3.45. The second-order valence-electron chi connectivity index (χ2n) is 5.50. The average molecular weight is 269 g/mol. The molecule has 104 valence electrons. The van der Waals surface area contributed by atoms with E-state index in [1.807, 2.05) is 6.07 Å². The fourth-order valence-electron chi connectivity index (χ4n) is 2.29. The zero-order valence-electron chi connectivity index (χ0n) is 11.6. The van der Waals surface area contributed by atoms with Crippen LogP contribution in [0.3, 0.4) is 0 Å². The highest BCUT2D eigenvalue weighted by Gasteiger charge is 2.20. The van der Waals surface area contributed by atoms with Gasteiger partial charge in [-0.1, -0.05) is 29.8 Å². The van der Waals surface area contributed by atoms with E-state index in [0.717, 1.165) is 11.5 Å². The number of benzene rings is 1. The van der Waals surface area contributed by atoms with E-state index in [4.69, 9.17) is 0 Å². The van der Waals surface area contributed by atoms with Gasteiger partial charge in [0.1, 0.15) is 5.82 Å². The van der Waals surface area contributed by atoms with Crippen molar-refractivity contribution >= 4 is 0 Å². The number of hydrogen-bond donors (Lipinski definition) is 2. The minimum atomic E-state index is -0.0738. The second kappa shape index (κ2) is 5.59. The summed E-state index contributed by atoms with van der Waals surface area (Å²) in [6.07, 6.45) is 3.13. The monoisotopic (exact) mass is 269 g/mol. The summed E-state index contributed by atoms with van der Waals surface area (Å²) in [5.41, 5.74) is 3.13. The highest BCUT2D eigenvalue weighted by atomic mass is 16.1. The molecule has 0 atom stereocenters. The summed E-state index contributed by atoms with van der Waals surface area (Å²) in [4.78, 5) is 19.1. The van der Waals surface area contributed by atoms with E-state index >= 15 is 0 Å². The van der Waals surface area contributed by atoms with Crippen LogP contribution in [-0.2, 0) is 13.0 Å². The highest BCUT2D eigenvalue weighted by molar-refractivity contribution is 5.25. The van der Waals surface area contributed by atoms with Crippen LogP contribution in [0.2, 0.25) is 0 Å². The van der Waals surface area contributed by atoms with Crippen molar-refractivity contribution in [1.82, 2.24) is 15.3 Å². The van der Waals surface area contributed by atoms with Crippen LogP contribution in [0.15, 0.2) is 35.1 Å². The molecule has 2 aromatic rings. The molecule has 4 nitrogen and oxygen atoms in total. The summed E-state index contributed by atoms with van der Waals surface area (Å²) in [6.45, 7) is 2.74. The molecule has 0 unspecified atom stereocenters. The lowest BCUT2D eigenvalue weighted by molar-refractivity contribution is 0.667. The zero-order valence-corrected chi connectivity index (χ0v) is 11.6. The molecule has 4 heteroatoms. The quantitative estimate of drug-likeness (QED) is 0.872. The molecule has 1 aromatic carbocycles. The summed E-state index contributed by atoms with van der Waals surface area (Å²) >= 11 is 0. The number of aryl methyl sites for hydroxylation is 1. The first-order chi connectivity index (χ1) is 9.69. The molecule has 0 aliphatic heterocycles. The van der Waals surface area contributed by atoms with Crippen molar-refractivity contribution in [2.75, 3.05) is 0 Å². The summed E-state index contributed by atoms with van der Waals surface area (Å²) in [5, 5.41) is 3.39. The first-order valence-corrected chi connectivity index (χ1v) is 7.07. The molecule has 0 radical (unpaired) electrons. The molecular formula is C16H19N3O. The van der Waals surface area contributed by atoms with Crippen molar-refractivity contribution in [3.63, 3.8) is 0 Å². The Hall–Kier alpha value is -1.94. The van der Waals surface area contributed by atoms with E-state index in [-0.39, 0.29) is 5.56 Å². The largest absolute Gasteiger partial charge is 0.310 e. The molecule has 1 aliphatic carbocycles. The first-order valence-electron chi connectivity index (χ1n) is 7.07. The number of nitrogens with one attached hydrogen (secondary N) is 2. The fourth-order valence-corrected chi connectivity index (χ4v) is 2.29. The SMILES string of the molecule is Cc1cccc(Cc2nc(CNC3CC3)cc(=O)[nH]2)c1. The topological polar surface area (TPSA) is 57.8 Å². The molecule has 1 aliphatic rings. The van der Waals surface area contributed by atoms with E-state index in [0.29, 0.717) is 19.0 Å². The zero-order chi connectivity index (χ0) is 13.9. The van der Waals surface area contributed by atoms with Gasteiger partial charge in [-0.05, 0) is 25.3 Å². The predicted octanol–water partition coefficient (Wildman–Crippen LogP) is 1.92. The predicted molar refractivity (Wildman–Crippen MR) is 78.7 cm³/mol. The van der Waals surface area contributed by atoms with Crippen LogP contribution in [0, 0.1) is 6.92 Å². The number of aromatic nitrogens is 2. The number of aromatic amines is 1. The summed E-state index contributed by atoms with van der Waals surface area (Å²) in [5.74, 6) is 0.732. The van der Waals surface area contributed by atoms with Crippen LogP contribution < -0.4 is 10.9 Å². The van der Waals surface area contributed by atoms with Gasteiger partial charge in [0.2, 0.25) is 0 Å². The van der Waals surface area contributed by atoms with Gasteiger partial charge < -0.3 is 10.3 Å². The molecular weight excluding hydrogens is 250 g/mol. The molecule has 20 heavy (non-hydrogen) atoms. The maximum atomic E-state index is 11.7. The summed E-state index contributed by atoms with van der Waals surface area (Å²) in [7, 11) is 0. The fraction of sp³-hybridized carbons (Fsp3) is 0.375. The van der Waals surface area contributed by atoms with Crippen LogP contribution >= 0.6 is 0 Å². The normalized spacial score (nSPS) is 14.4. The molecule has 0 spiro atoms. The van der Waals surface area contributed by atoms with E-state index in [1.54, 1.807) is 6.07 Å². The van der Waals surface area contributed by atoms with Crippen molar-refractivity contribution in [3.05, 3.63) is 63.3 Å². The Morgan fingerprint density at radius 1 is 1.35 bits per heavy atom. The Morgan fingerprint density at radius 2 is 2.20 bits per heavy atom. The van der Waals surface area contributed by atoms with Gasteiger partial charge in [-0.15, -0.1) is 0 Å². The molecule has 1 fully saturated rings. The van der Waals surface area contributed by atoms with Crippen LogP contribution in [0.25, 0.3) is 0 Å². The third-order valence-corrected chi connectivity index (χ3v) is 3.45. The Kier molecular flexibility index (Phi) is 3.65. The maximum Gasteiger partial charge on any atom is 0.251 e. The van der Waals surface area contributed by atoms with Gasteiger partial charge in [0.15, 0.2) is 0 Å². The maximum absolute atomic E-state index is 11.7. The smallest absolute Gasteiger partial charge is 0.251 e. The molecule has 0 bridgehead atoms. The molecule has 1 saturated carbocycles. The first kappa shape index (κ1) is 13.1. The van der Waals surface area contributed by atoms with Crippen LogP contribution in [-0.4, -0.2) is 16.0 Å². The Balaban J connectivity index is 1.76. The number of rotatable bonds is 5. The van der Waals surface area contributed by atoms with Crippen LogP contribution in [0.5, 0.6) is 0 Å². The van der Waals surface area contributed by atoms with Crippen molar-refractivity contribution in [2.24, 2.45) is 0 Å². The molecule has 0 amide bonds. The van der Waals surface area contributed by atoms with E-state index in [1.165, 1.54) is 24.0 Å². The van der Waals surface area contributed by atoms with E-state index < -0.39 is 0 Å². The van der Waals surface area contributed by atoms with Crippen LogP contribution in [0.4, 0.5) is 0 Å². The van der Waals surface area contributed by atoms with Gasteiger partial charge in [0.05, 0.1) is 5.69 Å². The molecule has 3 rings (SSSR count). The van der Waals surface area contributed by atoms with Crippen molar-refractivity contribution in [2.45, 2.75) is 38.8 Å². The van der Waals surface area contributed by atoms with Crippen molar-refractivity contribution in [1.29, 1.82) is 0 Å². The minimum Gasteiger partial charge on any atom is -0.310 e. The summed E-state index contributed by atoms with van der Waals surface area (Å²) in [6, 6.07) is 10.5. The van der Waals surface area contributed by atoms with Gasteiger partial charge in [0, 0.05) is 25.1 Å². The molecule has 2 N–H and O–H groups in total.